The van der Waals surface area contributed by atoms with Gasteiger partial charge in [0.15, 0.2) is 0 Å². The number of benzene rings is 2. The second kappa shape index (κ2) is 8.00. The standard InChI is InChI=1S/C21H17Cl2N3O.ClH/c1-25-12-24-11-19(25)21(23)14-6-7-18-17(9-14)16(10-20(27)26(18)2)13-4-3-5-15(22)8-13;/h3-12,21H,1-2H3;1H. The molecule has 4 aromatic rings. The minimum atomic E-state index is -0.341. The van der Waals surface area contributed by atoms with Gasteiger partial charge in [-0.3, -0.25) is 4.79 Å². The van der Waals surface area contributed by atoms with E-state index in [1.165, 1.54) is 0 Å². The summed E-state index contributed by atoms with van der Waals surface area (Å²) in [7, 11) is 3.69. The van der Waals surface area contributed by atoms with Gasteiger partial charge in [-0.15, -0.1) is 24.0 Å². The van der Waals surface area contributed by atoms with E-state index >= 15 is 0 Å². The molecule has 2 heterocycles. The molecule has 0 aliphatic heterocycles. The first-order valence-electron chi connectivity index (χ1n) is 8.45. The highest BCUT2D eigenvalue weighted by molar-refractivity contribution is 6.31. The predicted molar refractivity (Wildman–Crippen MR) is 118 cm³/mol. The second-order valence-electron chi connectivity index (χ2n) is 6.53. The molecular weight excluding hydrogens is 417 g/mol. The summed E-state index contributed by atoms with van der Waals surface area (Å²) in [4.78, 5) is 16.6. The number of nitrogens with zero attached hydrogens (tertiary/aromatic N) is 3. The van der Waals surface area contributed by atoms with E-state index in [2.05, 4.69) is 4.98 Å². The number of hydrogen-bond donors (Lipinski definition) is 0. The lowest BCUT2D eigenvalue weighted by molar-refractivity contribution is 0.834. The van der Waals surface area contributed by atoms with Crippen LogP contribution >= 0.6 is 35.6 Å². The van der Waals surface area contributed by atoms with Gasteiger partial charge >= 0.3 is 0 Å². The van der Waals surface area contributed by atoms with Gasteiger partial charge in [0.2, 0.25) is 0 Å². The molecule has 0 saturated heterocycles. The van der Waals surface area contributed by atoms with Crippen molar-refractivity contribution in [3.05, 3.63) is 87.7 Å². The molecule has 4 rings (SSSR count). The molecule has 1 unspecified atom stereocenters. The van der Waals surface area contributed by atoms with Crippen molar-refractivity contribution < 1.29 is 0 Å². The normalized spacial score (nSPS) is 12.0. The van der Waals surface area contributed by atoms with E-state index < -0.39 is 0 Å². The molecule has 0 fully saturated rings. The third-order valence-corrected chi connectivity index (χ3v) is 5.52. The molecule has 0 amide bonds. The summed E-state index contributed by atoms with van der Waals surface area (Å²) in [5, 5.41) is 1.23. The summed E-state index contributed by atoms with van der Waals surface area (Å²) in [5.41, 5.74) is 4.36. The average Bonchev–Trinajstić information content (AvgIpc) is 3.09. The molecule has 0 saturated carbocycles. The average molecular weight is 435 g/mol. The summed E-state index contributed by atoms with van der Waals surface area (Å²) in [5.74, 6) is 0. The molecule has 1 atom stereocenters. The van der Waals surface area contributed by atoms with Crippen LogP contribution in [0, 0.1) is 0 Å². The van der Waals surface area contributed by atoms with E-state index in [9.17, 15) is 4.79 Å². The van der Waals surface area contributed by atoms with E-state index in [-0.39, 0.29) is 23.3 Å². The second-order valence-corrected chi connectivity index (χ2v) is 7.41. The van der Waals surface area contributed by atoms with Crippen LogP contribution in [0.4, 0.5) is 0 Å². The van der Waals surface area contributed by atoms with Gasteiger partial charge < -0.3 is 9.13 Å². The Hall–Kier alpha value is -2.27. The number of hydrogen-bond acceptors (Lipinski definition) is 2. The number of pyridine rings is 1. The number of rotatable bonds is 3. The molecule has 0 aliphatic rings. The van der Waals surface area contributed by atoms with Crippen molar-refractivity contribution in [3.63, 3.8) is 0 Å². The van der Waals surface area contributed by atoms with Gasteiger partial charge in [0.05, 0.1) is 17.5 Å². The first kappa shape index (κ1) is 20.5. The SMILES string of the molecule is Cl.Cn1cncc1C(Cl)c1ccc2c(c1)c(-c1cccc(Cl)c1)cc(=O)n2C. The monoisotopic (exact) mass is 433 g/mol. The molecule has 2 aromatic heterocycles. The van der Waals surface area contributed by atoms with Crippen molar-refractivity contribution >= 4 is 46.5 Å². The first-order valence-corrected chi connectivity index (χ1v) is 9.27. The van der Waals surface area contributed by atoms with E-state index in [0.717, 1.165) is 33.3 Å². The fourth-order valence-electron chi connectivity index (χ4n) is 3.31. The molecule has 2 aromatic carbocycles. The number of aryl methyl sites for hydroxylation is 2. The van der Waals surface area contributed by atoms with Crippen molar-refractivity contribution in [2.45, 2.75) is 5.38 Å². The summed E-state index contributed by atoms with van der Waals surface area (Å²) in [6, 6.07) is 15.1. The van der Waals surface area contributed by atoms with Crippen molar-refractivity contribution in [2.24, 2.45) is 14.1 Å². The zero-order valence-electron chi connectivity index (χ0n) is 15.3. The Balaban J connectivity index is 0.00000225. The molecule has 0 aliphatic carbocycles. The molecule has 7 heteroatoms. The van der Waals surface area contributed by atoms with Crippen LogP contribution in [0.25, 0.3) is 22.0 Å². The number of alkyl halides is 1. The van der Waals surface area contributed by atoms with Crippen molar-refractivity contribution in [3.8, 4) is 11.1 Å². The molecule has 144 valence electrons. The Labute approximate surface area is 178 Å². The Morgan fingerprint density at radius 3 is 2.54 bits per heavy atom. The zero-order valence-corrected chi connectivity index (χ0v) is 17.6. The zero-order chi connectivity index (χ0) is 19.1. The lowest BCUT2D eigenvalue weighted by atomic mass is 9.98. The van der Waals surface area contributed by atoms with E-state index in [0.29, 0.717) is 5.02 Å². The third kappa shape index (κ3) is 3.55. The topological polar surface area (TPSA) is 39.8 Å². The molecule has 0 spiro atoms. The largest absolute Gasteiger partial charge is 0.336 e. The van der Waals surface area contributed by atoms with Crippen LogP contribution in [0.5, 0.6) is 0 Å². The highest BCUT2D eigenvalue weighted by Gasteiger charge is 2.17. The smallest absolute Gasteiger partial charge is 0.251 e. The lowest BCUT2D eigenvalue weighted by Gasteiger charge is -2.15. The van der Waals surface area contributed by atoms with Crippen LogP contribution in [-0.2, 0) is 14.1 Å². The summed E-state index contributed by atoms with van der Waals surface area (Å²) >= 11 is 12.9. The predicted octanol–water partition coefficient (Wildman–Crippen LogP) is 5.34. The summed E-state index contributed by atoms with van der Waals surface area (Å²) < 4.78 is 3.54. The van der Waals surface area contributed by atoms with Crippen LogP contribution < -0.4 is 5.56 Å². The van der Waals surface area contributed by atoms with Gasteiger partial charge in [0, 0.05) is 36.8 Å². The first-order chi connectivity index (χ1) is 13.0. The molecular formula is C21H18Cl3N3O. The fourth-order valence-corrected chi connectivity index (χ4v) is 3.85. The maximum Gasteiger partial charge on any atom is 0.251 e. The Bertz CT molecular complexity index is 1210. The van der Waals surface area contributed by atoms with Crippen LogP contribution in [0.15, 0.2) is 65.8 Å². The quantitative estimate of drug-likeness (QED) is 0.408. The lowest BCUT2D eigenvalue weighted by Crippen LogP contribution is -2.16. The number of imidazole rings is 1. The van der Waals surface area contributed by atoms with Gasteiger partial charge in [0.25, 0.3) is 5.56 Å². The van der Waals surface area contributed by atoms with Gasteiger partial charge in [-0.2, -0.15) is 0 Å². The minimum Gasteiger partial charge on any atom is -0.336 e. The minimum absolute atomic E-state index is 0. The van der Waals surface area contributed by atoms with E-state index in [1.807, 2.05) is 54.1 Å². The molecule has 0 bridgehead atoms. The molecule has 0 N–H and O–H groups in total. The van der Waals surface area contributed by atoms with Crippen molar-refractivity contribution in [1.29, 1.82) is 0 Å². The number of halogens is 3. The van der Waals surface area contributed by atoms with Gasteiger partial charge in [0.1, 0.15) is 5.38 Å². The summed E-state index contributed by atoms with van der Waals surface area (Å²) in [6.45, 7) is 0. The number of aromatic nitrogens is 3. The van der Waals surface area contributed by atoms with Crippen LogP contribution in [0.3, 0.4) is 0 Å². The Morgan fingerprint density at radius 1 is 1.07 bits per heavy atom. The molecule has 28 heavy (non-hydrogen) atoms. The Morgan fingerprint density at radius 2 is 1.86 bits per heavy atom. The summed E-state index contributed by atoms with van der Waals surface area (Å²) in [6.07, 6.45) is 3.49. The fraction of sp³-hybridized carbons (Fsp3) is 0.143. The Kier molecular flexibility index (Phi) is 5.84. The third-order valence-electron chi connectivity index (χ3n) is 4.81. The van der Waals surface area contributed by atoms with E-state index in [1.54, 1.807) is 30.2 Å². The van der Waals surface area contributed by atoms with Gasteiger partial charge in [-0.05, 0) is 41.0 Å². The van der Waals surface area contributed by atoms with Gasteiger partial charge in [-0.25, -0.2) is 4.98 Å². The maximum absolute atomic E-state index is 12.5. The van der Waals surface area contributed by atoms with Crippen LogP contribution in [0.2, 0.25) is 5.02 Å². The van der Waals surface area contributed by atoms with Crippen LogP contribution in [-0.4, -0.2) is 14.1 Å². The van der Waals surface area contributed by atoms with Crippen LogP contribution in [0.1, 0.15) is 16.6 Å². The highest BCUT2D eigenvalue weighted by Crippen LogP contribution is 2.34. The molecule has 4 nitrogen and oxygen atoms in total. The number of fused-ring (bicyclic) bond motifs is 1. The van der Waals surface area contributed by atoms with Crippen molar-refractivity contribution in [2.75, 3.05) is 0 Å². The highest BCUT2D eigenvalue weighted by atomic mass is 35.5. The molecule has 0 radical (unpaired) electrons. The van der Waals surface area contributed by atoms with E-state index in [4.69, 9.17) is 23.2 Å². The van der Waals surface area contributed by atoms with Gasteiger partial charge in [-0.1, -0.05) is 29.8 Å². The van der Waals surface area contributed by atoms with Crippen molar-refractivity contribution in [1.82, 2.24) is 14.1 Å². The maximum atomic E-state index is 12.5.